The van der Waals surface area contributed by atoms with Crippen molar-refractivity contribution < 1.29 is 14.6 Å². The number of ether oxygens (including phenoxy) is 1. The summed E-state index contributed by atoms with van der Waals surface area (Å²) in [7, 11) is 0. The van der Waals surface area contributed by atoms with Crippen molar-refractivity contribution in [1.29, 1.82) is 0 Å². The number of carboxylic acids is 1. The first-order valence-electron chi connectivity index (χ1n) is 6.84. The number of carbonyl (C=O) groups is 1. The summed E-state index contributed by atoms with van der Waals surface area (Å²) >= 11 is 0. The summed E-state index contributed by atoms with van der Waals surface area (Å²) in [6.45, 7) is 2.99. The van der Waals surface area contributed by atoms with Crippen molar-refractivity contribution in [2.45, 2.75) is 6.42 Å². The van der Waals surface area contributed by atoms with Gasteiger partial charge in [0.1, 0.15) is 0 Å². The Labute approximate surface area is 121 Å². The second-order valence-electron chi connectivity index (χ2n) is 5.06. The van der Waals surface area contributed by atoms with Crippen LogP contribution in [0.4, 0.5) is 5.69 Å². The fourth-order valence-electron chi connectivity index (χ4n) is 2.57. The monoisotopic (exact) mass is 288 g/mol. The Hall–Kier alpha value is -2.34. The predicted molar refractivity (Wildman–Crippen MR) is 78.9 cm³/mol. The first-order valence-corrected chi connectivity index (χ1v) is 6.84. The zero-order valence-corrected chi connectivity index (χ0v) is 11.5. The van der Waals surface area contributed by atoms with Crippen LogP contribution in [-0.2, 0) is 16.0 Å². The summed E-state index contributed by atoms with van der Waals surface area (Å²) in [5.74, 6) is -0.963. The molecule has 0 radical (unpaired) electrons. The quantitative estimate of drug-likeness (QED) is 0.880. The van der Waals surface area contributed by atoms with Gasteiger partial charge >= 0.3 is 5.97 Å². The molecule has 0 saturated carbocycles. The molecule has 0 bridgehead atoms. The highest BCUT2D eigenvalue weighted by atomic mass is 16.5. The first-order chi connectivity index (χ1) is 10.1. The van der Waals surface area contributed by atoms with Crippen LogP contribution in [0.1, 0.15) is 5.69 Å². The largest absolute Gasteiger partial charge is 0.481 e. The van der Waals surface area contributed by atoms with E-state index >= 15 is 0 Å². The minimum atomic E-state index is -0.963. The third-order valence-electron chi connectivity index (χ3n) is 3.59. The number of nitrogens with zero attached hydrogens (tertiary/aromatic N) is 1. The second-order valence-corrected chi connectivity index (χ2v) is 5.06. The van der Waals surface area contributed by atoms with E-state index in [0.717, 1.165) is 18.8 Å². The van der Waals surface area contributed by atoms with Crippen LogP contribution in [0.25, 0.3) is 10.9 Å². The standard InChI is InChI=1S/C15H16N2O4/c18-14-7-10(8-15(19)20)16-13-2-1-11(9-12(13)14)17-3-5-21-6-4-17/h1-2,7,9H,3-6,8H2,(H,16,18)(H,19,20). The smallest absolute Gasteiger partial charge is 0.309 e. The van der Waals surface area contributed by atoms with E-state index in [2.05, 4.69) is 9.88 Å². The van der Waals surface area contributed by atoms with Crippen molar-refractivity contribution in [3.63, 3.8) is 0 Å². The number of aromatic nitrogens is 1. The van der Waals surface area contributed by atoms with Gasteiger partial charge in [-0.2, -0.15) is 0 Å². The molecule has 3 rings (SSSR count). The number of nitrogens with one attached hydrogen (secondary N) is 1. The molecular weight excluding hydrogens is 272 g/mol. The molecule has 1 saturated heterocycles. The van der Waals surface area contributed by atoms with Gasteiger partial charge in [-0.3, -0.25) is 9.59 Å². The molecule has 2 heterocycles. The van der Waals surface area contributed by atoms with Crippen LogP contribution in [0.3, 0.4) is 0 Å². The third-order valence-corrected chi connectivity index (χ3v) is 3.59. The summed E-state index contributed by atoms with van der Waals surface area (Å²) in [5.41, 5.74) is 1.91. The van der Waals surface area contributed by atoms with Crippen molar-refractivity contribution in [2.75, 3.05) is 31.2 Å². The van der Waals surface area contributed by atoms with Crippen LogP contribution in [0.5, 0.6) is 0 Å². The van der Waals surface area contributed by atoms with E-state index < -0.39 is 5.97 Å². The number of anilines is 1. The molecule has 1 aliphatic rings. The highest BCUT2D eigenvalue weighted by Gasteiger charge is 2.13. The topological polar surface area (TPSA) is 82.6 Å². The van der Waals surface area contributed by atoms with Gasteiger partial charge in [-0.25, -0.2) is 0 Å². The molecule has 0 amide bonds. The molecule has 0 aliphatic carbocycles. The Morgan fingerprint density at radius 2 is 2.05 bits per heavy atom. The fraction of sp³-hybridized carbons (Fsp3) is 0.333. The molecule has 110 valence electrons. The van der Waals surface area contributed by atoms with Crippen molar-refractivity contribution in [2.24, 2.45) is 0 Å². The number of hydrogen-bond donors (Lipinski definition) is 2. The Morgan fingerprint density at radius 3 is 2.76 bits per heavy atom. The summed E-state index contributed by atoms with van der Waals surface area (Å²) < 4.78 is 5.32. The van der Waals surface area contributed by atoms with Gasteiger partial charge in [-0.15, -0.1) is 0 Å². The zero-order valence-electron chi connectivity index (χ0n) is 11.5. The lowest BCUT2D eigenvalue weighted by Crippen LogP contribution is -2.36. The van der Waals surface area contributed by atoms with Gasteiger partial charge in [0.05, 0.1) is 19.6 Å². The minimum absolute atomic E-state index is 0.157. The Balaban J connectivity index is 2.00. The lowest BCUT2D eigenvalue weighted by atomic mass is 10.1. The number of fused-ring (bicyclic) bond motifs is 1. The molecule has 0 atom stereocenters. The molecule has 6 heteroatoms. The number of carboxylic acid groups (broad SMARTS) is 1. The van der Waals surface area contributed by atoms with E-state index in [4.69, 9.17) is 9.84 Å². The first kappa shape index (κ1) is 13.6. The number of benzene rings is 1. The summed E-state index contributed by atoms with van der Waals surface area (Å²) in [5, 5.41) is 9.38. The molecule has 21 heavy (non-hydrogen) atoms. The molecule has 0 unspecified atom stereocenters. The third kappa shape index (κ3) is 2.90. The highest BCUT2D eigenvalue weighted by Crippen LogP contribution is 2.20. The number of hydrogen-bond acceptors (Lipinski definition) is 4. The van der Waals surface area contributed by atoms with E-state index in [1.807, 2.05) is 18.2 Å². The van der Waals surface area contributed by atoms with Crippen molar-refractivity contribution in [3.05, 3.63) is 40.2 Å². The van der Waals surface area contributed by atoms with Gasteiger partial charge < -0.3 is 19.7 Å². The maximum Gasteiger partial charge on any atom is 0.309 e. The van der Waals surface area contributed by atoms with Gasteiger partial charge in [-0.05, 0) is 18.2 Å². The van der Waals surface area contributed by atoms with Crippen LogP contribution in [0.2, 0.25) is 0 Å². The van der Waals surface area contributed by atoms with Crippen molar-refractivity contribution >= 4 is 22.6 Å². The van der Waals surface area contributed by atoms with E-state index in [-0.39, 0.29) is 11.8 Å². The van der Waals surface area contributed by atoms with Crippen molar-refractivity contribution in [3.8, 4) is 0 Å². The van der Waals surface area contributed by atoms with E-state index in [9.17, 15) is 9.59 Å². The number of H-pyrrole nitrogens is 1. The summed E-state index contributed by atoms with van der Waals surface area (Å²) in [6, 6.07) is 6.98. The highest BCUT2D eigenvalue weighted by molar-refractivity contribution is 5.83. The SMILES string of the molecule is O=C(O)Cc1cc(=O)c2cc(N3CCOCC3)ccc2[nH]1. The maximum atomic E-state index is 12.2. The minimum Gasteiger partial charge on any atom is -0.481 e. The average molecular weight is 288 g/mol. The summed E-state index contributed by atoms with van der Waals surface area (Å²) in [4.78, 5) is 28.1. The van der Waals surface area contributed by atoms with Gasteiger partial charge in [-0.1, -0.05) is 0 Å². The molecular formula is C15H16N2O4. The van der Waals surface area contributed by atoms with Crippen molar-refractivity contribution in [1.82, 2.24) is 4.98 Å². The number of morpholine rings is 1. The molecule has 2 aromatic rings. The maximum absolute atomic E-state index is 12.2. The Morgan fingerprint density at radius 1 is 1.29 bits per heavy atom. The predicted octanol–water partition coefficient (Wildman–Crippen LogP) is 0.992. The van der Waals surface area contributed by atoms with Gasteiger partial charge in [0.15, 0.2) is 5.43 Å². The molecule has 1 aliphatic heterocycles. The van der Waals surface area contributed by atoms with Crippen LogP contribution < -0.4 is 10.3 Å². The number of pyridine rings is 1. The molecule has 0 spiro atoms. The normalized spacial score (nSPS) is 15.3. The number of aliphatic carboxylic acids is 1. The molecule has 2 N–H and O–H groups in total. The lowest BCUT2D eigenvalue weighted by Gasteiger charge is -2.29. The Bertz CT molecular complexity index is 732. The van der Waals surface area contributed by atoms with Crippen LogP contribution >= 0.6 is 0 Å². The molecule has 1 aromatic heterocycles. The van der Waals surface area contributed by atoms with Gasteiger partial charge in [0, 0.05) is 41.4 Å². The molecule has 1 aromatic carbocycles. The number of rotatable bonds is 3. The van der Waals surface area contributed by atoms with Gasteiger partial charge in [0.2, 0.25) is 0 Å². The van der Waals surface area contributed by atoms with E-state index in [1.54, 1.807) is 0 Å². The lowest BCUT2D eigenvalue weighted by molar-refractivity contribution is -0.136. The summed E-state index contributed by atoms with van der Waals surface area (Å²) in [6.07, 6.45) is -0.184. The van der Waals surface area contributed by atoms with Crippen LogP contribution in [-0.4, -0.2) is 42.4 Å². The molecule has 1 fully saturated rings. The number of aromatic amines is 1. The van der Waals surface area contributed by atoms with Gasteiger partial charge in [0.25, 0.3) is 0 Å². The van der Waals surface area contributed by atoms with Crippen LogP contribution in [0.15, 0.2) is 29.1 Å². The fourth-order valence-corrected chi connectivity index (χ4v) is 2.57. The molecule has 6 nitrogen and oxygen atoms in total. The zero-order chi connectivity index (χ0) is 14.8. The van der Waals surface area contributed by atoms with Crippen LogP contribution in [0, 0.1) is 0 Å². The second kappa shape index (κ2) is 5.57. The van der Waals surface area contributed by atoms with E-state index in [0.29, 0.717) is 29.8 Å². The average Bonchev–Trinajstić information content (AvgIpc) is 2.47. The Kier molecular flexibility index (Phi) is 3.62. The van der Waals surface area contributed by atoms with E-state index in [1.165, 1.54) is 6.07 Å².